The van der Waals surface area contributed by atoms with Crippen molar-refractivity contribution in [3.05, 3.63) is 71.5 Å². The van der Waals surface area contributed by atoms with Gasteiger partial charge in [0.05, 0.1) is 6.26 Å². The molecule has 2 rings (SSSR count). The fraction of sp³-hybridized carbons (Fsp3) is 0.227. The predicted octanol–water partition coefficient (Wildman–Crippen LogP) is 5.45. The van der Waals surface area contributed by atoms with Gasteiger partial charge in [0.2, 0.25) is 0 Å². The molecule has 1 aromatic carbocycles. The number of carbonyl (C=O) groups excluding carboxylic acids is 1. The number of rotatable bonds is 4. The van der Waals surface area contributed by atoms with Crippen LogP contribution in [0.2, 0.25) is 0 Å². The molecule has 0 bridgehead atoms. The molecule has 5 heteroatoms. The molecule has 27 heavy (non-hydrogen) atoms. The number of ether oxygens (including phenoxy) is 2. The number of allylic oxidation sites excluding steroid dienone is 5. The summed E-state index contributed by atoms with van der Waals surface area (Å²) in [4.78, 5) is 11.2. The van der Waals surface area contributed by atoms with Crippen LogP contribution in [0.25, 0.3) is 6.08 Å². The van der Waals surface area contributed by atoms with Gasteiger partial charge >= 0.3 is 6.16 Å². The lowest BCUT2D eigenvalue weighted by Crippen LogP contribution is -2.17. The molecule has 0 aliphatic heterocycles. The molecule has 0 heterocycles. The van der Waals surface area contributed by atoms with Crippen molar-refractivity contribution in [3.8, 4) is 17.9 Å². The third-order valence-electron chi connectivity index (χ3n) is 4.01. The van der Waals surface area contributed by atoms with Crippen LogP contribution in [0.5, 0.6) is 5.75 Å². The van der Waals surface area contributed by atoms with Crippen molar-refractivity contribution in [1.29, 1.82) is 10.5 Å². The monoisotopic (exact) mass is 360 g/mol. The van der Waals surface area contributed by atoms with Gasteiger partial charge in [-0.1, -0.05) is 50.8 Å². The predicted molar refractivity (Wildman–Crippen MR) is 102 cm³/mol. The molecule has 0 atom stereocenters. The van der Waals surface area contributed by atoms with Gasteiger partial charge in [-0.2, -0.15) is 10.5 Å². The average molecular weight is 360 g/mol. The number of nitrogens with zero attached hydrogens (tertiary/aromatic N) is 2. The summed E-state index contributed by atoms with van der Waals surface area (Å²) in [5.41, 5.74) is 2.91. The molecule has 0 saturated carbocycles. The number of nitriles is 2. The van der Waals surface area contributed by atoms with Crippen LogP contribution in [-0.4, -0.2) is 6.16 Å². The van der Waals surface area contributed by atoms with E-state index >= 15 is 0 Å². The maximum atomic E-state index is 11.2. The largest absolute Gasteiger partial charge is 0.518 e. The van der Waals surface area contributed by atoms with Gasteiger partial charge in [0, 0.05) is 0 Å². The van der Waals surface area contributed by atoms with Gasteiger partial charge in [0.15, 0.2) is 0 Å². The number of hydrogen-bond acceptors (Lipinski definition) is 5. The zero-order valence-electron chi connectivity index (χ0n) is 15.4. The van der Waals surface area contributed by atoms with Crippen LogP contribution >= 0.6 is 0 Å². The van der Waals surface area contributed by atoms with Crippen LogP contribution in [-0.2, 0) is 4.74 Å². The summed E-state index contributed by atoms with van der Waals surface area (Å²) >= 11 is 0. The van der Waals surface area contributed by atoms with Crippen LogP contribution in [0.3, 0.4) is 0 Å². The van der Waals surface area contributed by atoms with Gasteiger partial charge < -0.3 is 9.47 Å². The summed E-state index contributed by atoms with van der Waals surface area (Å²) in [6.45, 7) is 7.53. The minimum absolute atomic E-state index is 0.0219. The van der Waals surface area contributed by atoms with Crippen molar-refractivity contribution in [2.45, 2.75) is 26.7 Å². The molecule has 1 aromatic rings. The molecule has 0 saturated heterocycles. The second-order valence-corrected chi connectivity index (χ2v) is 6.90. The lowest BCUT2D eigenvalue weighted by molar-refractivity contribution is 0.136. The molecule has 1 aliphatic rings. The molecular weight excluding hydrogens is 340 g/mol. The van der Waals surface area contributed by atoms with Gasteiger partial charge in [-0.05, 0) is 47.1 Å². The Morgan fingerprint density at radius 3 is 2.41 bits per heavy atom. The SMILES string of the molecule is C=COC(=O)Oc1ccc(/C=C/C2=CC(=C(C#N)C#N)CC(C)(C)C2)cc1. The van der Waals surface area contributed by atoms with Gasteiger partial charge in [-0.15, -0.1) is 0 Å². The summed E-state index contributed by atoms with van der Waals surface area (Å²) in [5.74, 6) is 0.370. The molecule has 0 unspecified atom stereocenters. The molecule has 1 aliphatic carbocycles. The second kappa shape index (κ2) is 8.69. The topological polar surface area (TPSA) is 83.1 Å². The van der Waals surface area contributed by atoms with E-state index in [1.54, 1.807) is 12.1 Å². The van der Waals surface area contributed by atoms with Crippen LogP contribution in [0.1, 0.15) is 32.3 Å². The van der Waals surface area contributed by atoms with E-state index in [1.165, 1.54) is 0 Å². The fourth-order valence-electron chi connectivity index (χ4n) is 2.93. The Labute approximate surface area is 159 Å². The van der Waals surface area contributed by atoms with Crippen molar-refractivity contribution in [3.63, 3.8) is 0 Å². The minimum Gasteiger partial charge on any atom is -0.403 e. The zero-order chi connectivity index (χ0) is 19.9. The van der Waals surface area contributed by atoms with Crippen molar-refractivity contribution in [2.24, 2.45) is 5.41 Å². The molecule has 0 aromatic heterocycles. The second-order valence-electron chi connectivity index (χ2n) is 6.90. The summed E-state index contributed by atoms with van der Waals surface area (Å²) in [7, 11) is 0. The minimum atomic E-state index is -0.840. The Bertz CT molecular complexity index is 888. The Morgan fingerprint density at radius 1 is 1.15 bits per heavy atom. The smallest absolute Gasteiger partial charge is 0.403 e. The Morgan fingerprint density at radius 2 is 1.81 bits per heavy atom. The number of carbonyl (C=O) groups is 1. The van der Waals surface area contributed by atoms with Gasteiger partial charge in [0.25, 0.3) is 0 Å². The quantitative estimate of drug-likeness (QED) is 0.308. The summed E-state index contributed by atoms with van der Waals surface area (Å²) in [5, 5.41) is 18.3. The number of benzene rings is 1. The first-order valence-electron chi connectivity index (χ1n) is 8.38. The molecule has 0 radical (unpaired) electrons. The average Bonchev–Trinajstić information content (AvgIpc) is 2.61. The summed E-state index contributed by atoms with van der Waals surface area (Å²) < 4.78 is 9.46. The summed E-state index contributed by atoms with van der Waals surface area (Å²) in [6, 6.07) is 10.9. The van der Waals surface area contributed by atoms with E-state index in [9.17, 15) is 4.79 Å². The van der Waals surface area contributed by atoms with Crippen molar-refractivity contribution in [2.75, 3.05) is 0 Å². The van der Waals surface area contributed by atoms with Crippen molar-refractivity contribution >= 4 is 12.2 Å². The lowest BCUT2D eigenvalue weighted by Gasteiger charge is -2.30. The molecule has 0 fully saturated rings. The highest BCUT2D eigenvalue weighted by atomic mass is 16.7. The molecule has 5 nitrogen and oxygen atoms in total. The number of hydrogen-bond donors (Lipinski definition) is 0. The standard InChI is InChI=1S/C22H20N2O3/c1-4-26-21(25)27-20-9-7-16(8-10-20)5-6-17-11-18(19(14-23)15-24)13-22(2,3)12-17/h4-11H,1,12-13H2,2-3H3/b6-5+. The summed E-state index contributed by atoms with van der Waals surface area (Å²) in [6.07, 6.45) is 7.56. The highest BCUT2D eigenvalue weighted by molar-refractivity contribution is 5.65. The van der Waals surface area contributed by atoms with E-state index in [4.69, 9.17) is 15.3 Å². The molecule has 0 amide bonds. The first kappa shape index (κ1) is 19.8. The molecule has 0 spiro atoms. The third-order valence-corrected chi connectivity index (χ3v) is 4.01. The normalized spacial score (nSPS) is 15.3. The highest BCUT2D eigenvalue weighted by Gasteiger charge is 2.26. The Balaban J connectivity index is 2.18. The maximum absolute atomic E-state index is 11.2. The van der Waals surface area contributed by atoms with Gasteiger partial charge in [-0.3, -0.25) is 0 Å². The molecule has 136 valence electrons. The lowest BCUT2D eigenvalue weighted by atomic mass is 9.74. The van der Waals surface area contributed by atoms with E-state index in [-0.39, 0.29) is 11.0 Å². The molecular formula is C22H20N2O3. The third kappa shape index (κ3) is 5.73. The van der Waals surface area contributed by atoms with Crippen LogP contribution in [0.4, 0.5) is 4.79 Å². The Kier molecular flexibility index (Phi) is 6.36. The highest BCUT2D eigenvalue weighted by Crippen LogP contribution is 2.39. The maximum Gasteiger partial charge on any atom is 0.518 e. The zero-order valence-corrected chi connectivity index (χ0v) is 15.4. The van der Waals surface area contributed by atoms with Crippen LogP contribution < -0.4 is 4.74 Å². The van der Waals surface area contributed by atoms with E-state index < -0.39 is 6.16 Å². The van der Waals surface area contributed by atoms with E-state index in [2.05, 4.69) is 25.2 Å². The van der Waals surface area contributed by atoms with Crippen LogP contribution in [0.15, 0.2) is 66.0 Å². The van der Waals surface area contributed by atoms with E-state index in [0.717, 1.165) is 29.4 Å². The van der Waals surface area contributed by atoms with Gasteiger partial charge in [-0.25, -0.2) is 4.79 Å². The van der Waals surface area contributed by atoms with Crippen LogP contribution in [0, 0.1) is 28.1 Å². The first-order chi connectivity index (χ1) is 12.9. The van der Waals surface area contributed by atoms with E-state index in [0.29, 0.717) is 12.2 Å². The first-order valence-corrected chi connectivity index (χ1v) is 8.38. The van der Waals surface area contributed by atoms with Crippen molar-refractivity contribution < 1.29 is 14.3 Å². The molecule has 0 N–H and O–H groups in total. The van der Waals surface area contributed by atoms with E-state index in [1.807, 2.05) is 42.5 Å². The Hall–Kier alpha value is -3.57. The van der Waals surface area contributed by atoms with Gasteiger partial charge in [0.1, 0.15) is 23.5 Å². The van der Waals surface area contributed by atoms with Crippen molar-refractivity contribution in [1.82, 2.24) is 0 Å². The fourth-order valence-corrected chi connectivity index (χ4v) is 2.93.